The van der Waals surface area contributed by atoms with Crippen LogP contribution < -0.4 is 5.32 Å². The molecule has 112 valence electrons. The number of likely N-dealkylation sites (N-methyl/N-ethyl adjacent to an activating group) is 1. The van der Waals surface area contributed by atoms with E-state index < -0.39 is 24.1 Å². The number of urea groups is 1. The summed E-state index contributed by atoms with van der Waals surface area (Å²) in [5.74, 6) is -1.08. The van der Waals surface area contributed by atoms with Crippen molar-refractivity contribution < 1.29 is 24.6 Å². The molecule has 3 N–H and O–H groups in total. The number of amides is 3. The molecular formula is C12H19N3O5. The molecule has 2 aliphatic rings. The highest BCUT2D eigenvalue weighted by Crippen LogP contribution is 2.19. The number of β-amino-alcohol motifs (C(OH)–C–C–N with tert-alkyl or cyclic N) is 1. The van der Waals surface area contributed by atoms with Crippen LogP contribution in [-0.2, 0) is 9.59 Å². The van der Waals surface area contributed by atoms with Crippen LogP contribution in [0.4, 0.5) is 4.79 Å². The Bertz CT molecular complexity index is 427. The number of carbonyl (C=O) groups excluding carboxylic acids is 2. The van der Waals surface area contributed by atoms with Crippen LogP contribution in [0.25, 0.3) is 0 Å². The van der Waals surface area contributed by atoms with E-state index in [0.29, 0.717) is 19.4 Å². The number of piperidine rings is 1. The van der Waals surface area contributed by atoms with E-state index in [1.165, 1.54) is 0 Å². The number of hydrogen-bond acceptors (Lipinski definition) is 4. The Morgan fingerprint density at radius 2 is 2.05 bits per heavy atom. The summed E-state index contributed by atoms with van der Waals surface area (Å²) in [6.45, 7) is 0.434. The van der Waals surface area contributed by atoms with Gasteiger partial charge in [0.1, 0.15) is 6.04 Å². The molecule has 1 unspecified atom stereocenters. The molecule has 2 heterocycles. The van der Waals surface area contributed by atoms with Gasteiger partial charge in [0.05, 0.1) is 6.10 Å². The number of rotatable bonds is 2. The molecule has 20 heavy (non-hydrogen) atoms. The van der Waals surface area contributed by atoms with Gasteiger partial charge in [0.15, 0.2) is 0 Å². The van der Waals surface area contributed by atoms with E-state index in [1.807, 2.05) is 0 Å². The molecule has 2 rings (SSSR count). The topological polar surface area (TPSA) is 110 Å². The minimum absolute atomic E-state index is 0.0181. The zero-order chi connectivity index (χ0) is 14.9. The van der Waals surface area contributed by atoms with Crippen molar-refractivity contribution in [3.63, 3.8) is 0 Å². The number of nitrogens with one attached hydrogen (secondary N) is 1. The lowest BCUT2D eigenvalue weighted by Gasteiger charge is -2.32. The average molecular weight is 285 g/mol. The van der Waals surface area contributed by atoms with Crippen molar-refractivity contribution in [2.24, 2.45) is 0 Å². The maximum Gasteiger partial charge on any atom is 0.326 e. The standard InChI is InChI=1S/C12H19N3O5/c1-14-5-7(2-3-10(14)17)13-12(20)15-6-8(16)4-9(15)11(18)19/h7-9,16H,2-6H2,1H3,(H,13,20)(H,18,19)/t7?,8-,9+/m1/s1. The molecule has 8 nitrogen and oxygen atoms in total. The Hall–Kier alpha value is -1.83. The predicted molar refractivity (Wildman–Crippen MR) is 67.9 cm³/mol. The third-order valence-electron chi connectivity index (χ3n) is 3.78. The SMILES string of the molecule is CN1CC(NC(=O)N2C[C@H](O)C[C@H]2C(=O)O)CCC1=O. The molecule has 0 aromatic carbocycles. The van der Waals surface area contributed by atoms with Crippen molar-refractivity contribution >= 4 is 17.9 Å². The van der Waals surface area contributed by atoms with E-state index in [1.54, 1.807) is 11.9 Å². The third-order valence-corrected chi connectivity index (χ3v) is 3.78. The number of aliphatic hydroxyl groups is 1. The number of likely N-dealkylation sites (tertiary alicyclic amines) is 2. The first-order valence-corrected chi connectivity index (χ1v) is 6.60. The van der Waals surface area contributed by atoms with Crippen LogP contribution in [0.3, 0.4) is 0 Å². The first-order valence-electron chi connectivity index (χ1n) is 6.60. The van der Waals surface area contributed by atoms with Gasteiger partial charge in [0.2, 0.25) is 5.91 Å². The van der Waals surface area contributed by atoms with E-state index in [-0.39, 0.29) is 24.9 Å². The fourth-order valence-electron chi connectivity index (χ4n) is 2.66. The predicted octanol–water partition coefficient (Wildman–Crippen LogP) is -1.16. The van der Waals surface area contributed by atoms with Gasteiger partial charge in [-0.3, -0.25) is 4.79 Å². The average Bonchev–Trinajstić information content (AvgIpc) is 2.76. The van der Waals surface area contributed by atoms with Crippen molar-refractivity contribution in [3.8, 4) is 0 Å². The largest absolute Gasteiger partial charge is 0.480 e. The van der Waals surface area contributed by atoms with Gasteiger partial charge in [-0.15, -0.1) is 0 Å². The molecule has 2 fully saturated rings. The van der Waals surface area contributed by atoms with Gasteiger partial charge in [-0.05, 0) is 6.42 Å². The van der Waals surface area contributed by atoms with Gasteiger partial charge < -0.3 is 25.3 Å². The molecule has 0 aliphatic carbocycles. The summed E-state index contributed by atoms with van der Waals surface area (Å²) in [6, 6.07) is -1.67. The summed E-state index contributed by atoms with van der Waals surface area (Å²) in [7, 11) is 1.67. The van der Waals surface area contributed by atoms with E-state index in [0.717, 1.165) is 4.90 Å². The van der Waals surface area contributed by atoms with Crippen LogP contribution >= 0.6 is 0 Å². The lowest BCUT2D eigenvalue weighted by Crippen LogP contribution is -2.54. The Labute approximate surface area is 116 Å². The van der Waals surface area contributed by atoms with Crippen LogP contribution in [-0.4, -0.2) is 76.2 Å². The molecular weight excluding hydrogens is 266 g/mol. The minimum atomic E-state index is -1.12. The molecule has 0 bridgehead atoms. The van der Waals surface area contributed by atoms with Crippen LogP contribution in [0, 0.1) is 0 Å². The van der Waals surface area contributed by atoms with Crippen LogP contribution in [0.1, 0.15) is 19.3 Å². The minimum Gasteiger partial charge on any atom is -0.480 e. The molecule has 3 amide bonds. The quantitative estimate of drug-likeness (QED) is 0.592. The summed E-state index contributed by atoms with van der Waals surface area (Å²) in [5, 5.41) is 21.3. The summed E-state index contributed by atoms with van der Waals surface area (Å²) in [4.78, 5) is 37.2. The monoisotopic (exact) mass is 285 g/mol. The number of hydrogen-bond donors (Lipinski definition) is 3. The summed E-state index contributed by atoms with van der Waals surface area (Å²) < 4.78 is 0. The zero-order valence-corrected chi connectivity index (χ0v) is 11.3. The molecule has 8 heteroatoms. The van der Waals surface area contributed by atoms with Gasteiger partial charge in [0.25, 0.3) is 0 Å². The van der Waals surface area contributed by atoms with Gasteiger partial charge in [-0.2, -0.15) is 0 Å². The molecule has 0 spiro atoms. The van der Waals surface area contributed by atoms with Gasteiger partial charge in [0, 0.05) is 39.0 Å². The second kappa shape index (κ2) is 5.66. The van der Waals surface area contributed by atoms with Gasteiger partial charge in [-0.1, -0.05) is 0 Å². The number of carbonyl (C=O) groups is 3. The van der Waals surface area contributed by atoms with E-state index >= 15 is 0 Å². The number of carboxylic acids is 1. The van der Waals surface area contributed by atoms with E-state index in [4.69, 9.17) is 5.11 Å². The normalized spacial score (nSPS) is 30.5. The van der Waals surface area contributed by atoms with Crippen LogP contribution in [0.2, 0.25) is 0 Å². The highest BCUT2D eigenvalue weighted by Gasteiger charge is 2.39. The Kier molecular flexibility index (Phi) is 4.12. The lowest BCUT2D eigenvalue weighted by atomic mass is 10.1. The maximum absolute atomic E-state index is 12.1. The molecule has 2 aliphatic heterocycles. The molecule has 2 saturated heterocycles. The molecule has 0 aromatic heterocycles. The number of carboxylic acid groups (broad SMARTS) is 1. The van der Waals surface area contributed by atoms with Gasteiger partial charge >= 0.3 is 12.0 Å². The zero-order valence-electron chi connectivity index (χ0n) is 11.3. The highest BCUT2D eigenvalue weighted by atomic mass is 16.4. The number of nitrogens with zero attached hydrogens (tertiary/aromatic N) is 2. The van der Waals surface area contributed by atoms with Crippen molar-refractivity contribution in [3.05, 3.63) is 0 Å². The highest BCUT2D eigenvalue weighted by molar-refractivity contribution is 5.84. The lowest BCUT2D eigenvalue weighted by molar-refractivity contribution is -0.141. The molecule has 3 atom stereocenters. The smallest absolute Gasteiger partial charge is 0.326 e. The maximum atomic E-state index is 12.1. The first kappa shape index (κ1) is 14.6. The first-order chi connectivity index (χ1) is 9.38. The summed E-state index contributed by atoms with van der Waals surface area (Å²) >= 11 is 0. The van der Waals surface area contributed by atoms with Crippen molar-refractivity contribution in [1.82, 2.24) is 15.1 Å². The van der Waals surface area contributed by atoms with Crippen LogP contribution in [0.5, 0.6) is 0 Å². The van der Waals surface area contributed by atoms with Crippen molar-refractivity contribution in [2.45, 2.75) is 37.5 Å². The summed E-state index contributed by atoms with van der Waals surface area (Å²) in [5.41, 5.74) is 0. The molecule has 0 saturated carbocycles. The van der Waals surface area contributed by atoms with Crippen LogP contribution in [0.15, 0.2) is 0 Å². The fourth-order valence-corrected chi connectivity index (χ4v) is 2.66. The fraction of sp³-hybridized carbons (Fsp3) is 0.750. The Morgan fingerprint density at radius 3 is 2.65 bits per heavy atom. The third kappa shape index (κ3) is 3.01. The Balaban J connectivity index is 1.94. The molecule has 0 radical (unpaired) electrons. The second-order valence-corrected chi connectivity index (χ2v) is 5.36. The Morgan fingerprint density at radius 1 is 1.35 bits per heavy atom. The summed E-state index contributed by atoms with van der Waals surface area (Å²) in [6.07, 6.45) is 0.152. The second-order valence-electron chi connectivity index (χ2n) is 5.36. The molecule has 0 aromatic rings. The van der Waals surface area contributed by atoms with E-state index in [9.17, 15) is 19.5 Å². The number of aliphatic hydroxyl groups excluding tert-OH is 1. The van der Waals surface area contributed by atoms with Gasteiger partial charge in [-0.25, -0.2) is 9.59 Å². The van der Waals surface area contributed by atoms with E-state index in [2.05, 4.69) is 5.32 Å². The van der Waals surface area contributed by atoms with Crippen molar-refractivity contribution in [1.29, 1.82) is 0 Å². The van der Waals surface area contributed by atoms with Crippen molar-refractivity contribution in [2.75, 3.05) is 20.1 Å². The number of aliphatic carboxylic acids is 1.